The molecule has 0 heterocycles. The number of aliphatic hydroxyl groups is 1. The Morgan fingerprint density at radius 2 is 1.13 bits per heavy atom. The normalized spacial score (nSPS) is 15.4. The molecule has 1 aliphatic carbocycles. The van der Waals surface area contributed by atoms with Gasteiger partial charge < -0.3 is 14.6 Å². The Kier molecular flexibility index (Phi) is 7.88. The molecule has 6 aromatic rings. The van der Waals surface area contributed by atoms with E-state index in [4.69, 9.17) is 9.47 Å². The number of aryl methyl sites for hydroxylation is 1. The summed E-state index contributed by atoms with van der Waals surface area (Å²) >= 11 is 0. The Morgan fingerprint density at radius 3 is 1.67 bits per heavy atom. The van der Waals surface area contributed by atoms with Crippen LogP contribution >= 0.6 is 0 Å². The molecule has 6 aromatic carbocycles. The van der Waals surface area contributed by atoms with Gasteiger partial charge >= 0.3 is 0 Å². The Morgan fingerprint density at radius 1 is 0.565 bits per heavy atom. The van der Waals surface area contributed by atoms with Gasteiger partial charge in [-0.25, -0.2) is 0 Å². The summed E-state index contributed by atoms with van der Waals surface area (Å²) in [5.74, 6) is 1.63. The van der Waals surface area contributed by atoms with Gasteiger partial charge in [0.25, 0.3) is 0 Å². The molecule has 3 heteroatoms. The highest BCUT2D eigenvalue weighted by molar-refractivity contribution is 6.04. The largest absolute Gasteiger partial charge is 0.497 e. The molecular weight excluding hydrogens is 564 g/mol. The molecule has 1 saturated carbocycles. The molecule has 0 aromatic heterocycles. The monoisotopic (exact) mass is 604 g/mol. The van der Waals surface area contributed by atoms with Crippen molar-refractivity contribution in [3.8, 4) is 33.8 Å². The Labute approximate surface area is 272 Å². The molecule has 0 saturated heterocycles. The third-order valence-electron chi connectivity index (χ3n) is 10.2. The lowest BCUT2D eigenvalue weighted by atomic mass is 9.60. The molecule has 0 atom stereocenters. The highest BCUT2D eigenvalue weighted by atomic mass is 16.5. The summed E-state index contributed by atoms with van der Waals surface area (Å²) in [6, 6.07) is 47.0. The summed E-state index contributed by atoms with van der Waals surface area (Å²) < 4.78 is 11.4. The molecule has 46 heavy (non-hydrogen) atoms. The fourth-order valence-electron chi connectivity index (χ4n) is 7.69. The van der Waals surface area contributed by atoms with Crippen LogP contribution in [0, 0.1) is 6.92 Å². The summed E-state index contributed by atoms with van der Waals surface area (Å²) in [6.07, 6.45) is 3.01. The van der Waals surface area contributed by atoms with Crippen molar-refractivity contribution in [3.05, 3.63) is 156 Å². The molecule has 0 bridgehead atoms. The van der Waals surface area contributed by atoms with Gasteiger partial charge in [-0.2, -0.15) is 0 Å². The number of rotatable bonds is 7. The predicted molar refractivity (Wildman–Crippen MR) is 189 cm³/mol. The van der Waals surface area contributed by atoms with Crippen molar-refractivity contribution in [2.24, 2.45) is 0 Å². The van der Waals surface area contributed by atoms with E-state index in [1.165, 1.54) is 11.1 Å². The average Bonchev–Trinajstić information content (AvgIpc) is 3.12. The molecule has 1 N–H and O–H groups in total. The average molecular weight is 605 g/mol. The molecular formula is C43H40O3. The fraction of sp³-hybridized carbons (Fsp3) is 0.209. The van der Waals surface area contributed by atoms with Gasteiger partial charge in [0.2, 0.25) is 0 Å². The van der Waals surface area contributed by atoms with Crippen molar-refractivity contribution in [1.29, 1.82) is 0 Å². The van der Waals surface area contributed by atoms with Crippen LogP contribution in [0.2, 0.25) is 0 Å². The van der Waals surface area contributed by atoms with E-state index in [0.29, 0.717) is 12.8 Å². The van der Waals surface area contributed by atoms with E-state index in [9.17, 15) is 5.11 Å². The van der Waals surface area contributed by atoms with Crippen molar-refractivity contribution < 1.29 is 14.6 Å². The highest BCUT2D eigenvalue weighted by Gasteiger charge is 2.45. The lowest BCUT2D eigenvalue weighted by molar-refractivity contribution is -0.0152. The van der Waals surface area contributed by atoms with E-state index >= 15 is 0 Å². The van der Waals surface area contributed by atoms with Gasteiger partial charge in [-0.3, -0.25) is 0 Å². The molecule has 0 spiro atoms. The van der Waals surface area contributed by atoms with Crippen LogP contribution in [0.4, 0.5) is 0 Å². The molecule has 1 fully saturated rings. The summed E-state index contributed by atoms with van der Waals surface area (Å²) in [5.41, 5.74) is 7.88. The zero-order valence-electron chi connectivity index (χ0n) is 26.8. The number of ether oxygens (including phenoxy) is 2. The molecule has 0 amide bonds. The number of hydrogen-bond acceptors (Lipinski definition) is 3. The van der Waals surface area contributed by atoms with Gasteiger partial charge in [0.15, 0.2) is 0 Å². The Balaban J connectivity index is 1.41. The summed E-state index contributed by atoms with van der Waals surface area (Å²) in [5, 5.41) is 15.0. The maximum absolute atomic E-state index is 12.8. The van der Waals surface area contributed by atoms with Crippen LogP contribution in [0.25, 0.3) is 33.0 Å². The van der Waals surface area contributed by atoms with E-state index < -0.39 is 5.60 Å². The summed E-state index contributed by atoms with van der Waals surface area (Å²) in [6.45, 7) is 2.15. The lowest BCUT2D eigenvalue weighted by Crippen LogP contribution is -2.40. The highest BCUT2D eigenvalue weighted by Crippen LogP contribution is 2.53. The van der Waals surface area contributed by atoms with Gasteiger partial charge in [-0.1, -0.05) is 109 Å². The predicted octanol–water partition coefficient (Wildman–Crippen LogP) is 10.2. The van der Waals surface area contributed by atoms with Crippen molar-refractivity contribution in [2.45, 2.75) is 43.6 Å². The topological polar surface area (TPSA) is 38.7 Å². The number of methoxy groups -OCH3 is 2. The quantitative estimate of drug-likeness (QED) is 0.197. The minimum atomic E-state index is -0.989. The standard InChI is InChI=1S/C43H40O3/c1-30-27-39(43(44)25-23-42(24-26-43,33-15-9-5-10-16-33)34-17-11-6-12-18-34)41(32-13-7-4-8-14-32)38-28-37(40(46-3)29-36(30)38)31-19-21-35(45-2)22-20-31/h4-22,27-29,44H,23-26H2,1-3H3. The third kappa shape index (κ3) is 5.15. The molecule has 1 aliphatic rings. The van der Waals surface area contributed by atoms with E-state index in [2.05, 4.69) is 128 Å². The van der Waals surface area contributed by atoms with Crippen molar-refractivity contribution in [2.75, 3.05) is 14.2 Å². The van der Waals surface area contributed by atoms with E-state index in [-0.39, 0.29) is 5.41 Å². The van der Waals surface area contributed by atoms with E-state index in [0.717, 1.165) is 68.5 Å². The maximum Gasteiger partial charge on any atom is 0.127 e. The minimum Gasteiger partial charge on any atom is -0.497 e. The molecule has 7 rings (SSSR count). The summed E-state index contributed by atoms with van der Waals surface area (Å²) in [7, 11) is 3.41. The number of fused-ring (bicyclic) bond motifs is 1. The molecule has 3 nitrogen and oxygen atoms in total. The second-order valence-electron chi connectivity index (χ2n) is 12.7. The van der Waals surface area contributed by atoms with Crippen LogP contribution in [0.1, 0.15) is 47.9 Å². The van der Waals surface area contributed by atoms with Crippen LogP contribution in [-0.2, 0) is 11.0 Å². The van der Waals surface area contributed by atoms with Crippen LogP contribution in [0.3, 0.4) is 0 Å². The van der Waals surface area contributed by atoms with Gasteiger partial charge in [-0.15, -0.1) is 0 Å². The van der Waals surface area contributed by atoms with Gasteiger partial charge in [0.1, 0.15) is 11.5 Å². The van der Waals surface area contributed by atoms with E-state index in [1.54, 1.807) is 14.2 Å². The van der Waals surface area contributed by atoms with Gasteiger partial charge in [-0.05, 0) is 107 Å². The molecule has 0 unspecified atom stereocenters. The van der Waals surface area contributed by atoms with Crippen LogP contribution in [0.15, 0.2) is 133 Å². The lowest BCUT2D eigenvalue weighted by Gasteiger charge is -2.46. The number of hydrogen-bond donors (Lipinski definition) is 1. The van der Waals surface area contributed by atoms with Crippen LogP contribution in [0.5, 0.6) is 11.5 Å². The fourth-order valence-corrected chi connectivity index (χ4v) is 7.69. The first-order chi connectivity index (χ1) is 22.5. The number of benzene rings is 6. The minimum absolute atomic E-state index is 0.150. The molecule has 230 valence electrons. The van der Waals surface area contributed by atoms with E-state index in [1.807, 2.05) is 12.1 Å². The Bertz CT molecular complexity index is 1910. The zero-order valence-corrected chi connectivity index (χ0v) is 26.8. The smallest absolute Gasteiger partial charge is 0.127 e. The van der Waals surface area contributed by atoms with Crippen molar-refractivity contribution in [3.63, 3.8) is 0 Å². The van der Waals surface area contributed by atoms with Gasteiger partial charge in [0, 0.05) is 11.0 Å². The molecule has 0 aliphatic heterocycles. The first-order valence-corrected chi connectivity index (χ1v) is 16.1. The second kappa shape index (κ2) is 12.2. The zero-order chi connectivity index (χ0) is 31.7. The van der Waals surface area contributed by atoms with Crippen LogP contribution in [-0.4, -0.2) is 19.3 Å². The maximum atomic E-state index is 12.8. The van der Waals surface area contributed by atoms with Crippen molar-refractivity contribution in [1.82, 2.24) is 0 Å². The van der Waals surface area contributed by atoms with Crippen LogP contribution < -0.4 is 9.47 Å². The first kappa shape index (κ1) is 29.8. The Hall–Kier alpha value is -4.86. The van der Waals surface area contributed by atoms with Gasteiger partial charge in [0.05, 0.1) is 19.8 Å². The summed E-state index contributed by atoms with van der Waals surface area (Å²) in [4.78, 5) is 0. The third-order valence-corrected chi connectivity index (χ3v) is 10.2. The van der Waals surface area contributed by atoms with Crippen molar-refractivity contribution >= 4 is 10.8 Å². The molecule has 0 radical (unpaired) electrons. The second-order valence-corrected chi connectivity index (χ2v) is 12.7. The SMILES string of the molecule is COc1ccc(-c2cc3c(-c4ccccc4)c(C4(O)CCC(c5ccccc5)(c5ccccc5)CC4)cc(C)c3cc2OC)cc1. The first-order valence-electron chi connectivity index (χ1n) is 16.1.